The third-order valence-corrected chi connectivity index (χ3v) is 5.36. The van der Waals surface area contributed by atoms with Crippen LogP contribution in [0.4, 0.5) is 10.3 Å². The highest BCUT2D eigenvalue weighted by atomic mass is 19.1. The predicted molar refractivity (Wildman–Crippen MR) is 122 cm³/mol. The summed E-state index contributed by atoms with van der Waals surface area (Å²) < 4.78 is 21.7. The standard InChI is InChI=1S/C22H18FN7O.C2H6/c1-12-16(8-25-13(2)28-12)18-10-27-22(30-11-14(7-24)29-21(18)30)26-9-17-15-5-6-31-20(15)4-3-19(17)23;1-2/h3-4,8,10-11H,5-6,9H2,1-2H3,(H,26,27);1-2H3. The molecule has 0 bridgehead atoms. The molecule has 1 aromatic carbocycles. The molecule has 0 saturated heterocycles. The first kappa shape index (κ1) is 22.1. The van der Waals surface area contributed by atoms with Crippen molar-refractivity contribution in [2.75, 3.05) is 11.9 Å². The van der Waals surface area contributed by atoms with Gasteiger partial charge in [-0.2, -0.15) is 5.26 Å². The first-order valence-electron chi connectivity index (χ1n) is 10.8. The van der Waals surface area contributed by atoms with Crippen LogP contribution in [0.3, 0.4) is 0 Å². The number of nitriles is 1. The van der Waals surface area contributed by atoms with Crippen molar-refractivity contribution in [2.45, 2.75) is 40.7 Å². The third-order valence-electron chi connectivity index (χ3n) is 5.36. The number of imidazole rings is 1. The van der Waals surface area contributed by atoms with Gasteiger partial charge in [0.2, 0.25) is 5.95 Å². The second kappa shape index (κ2) is 9.20. The lowest BCUT2D eigenvalue weighted by molar-refractivity contribution is 0.356. The van der Waals surface area contributed by atoms with Gasteiger partial charge in [-0.3, -0.25) is 4.40 Å². The molecule has 4 aromatic rings. The molecule has 0 unspecified atom stereocenters. The highest BCUT2D eigenvalue weighted by Crippen LogP contribution is 2.31. The normalized spacial score (nSPS) is 11.9. The van der Waals surface area contributed by atoms with Crippen LogP contribution in [-0.4, -0.2) is 30.9 Å². The highest BCUT2D eigenvalue weighted by Gasteiger charge is 2.20. The number of anilines is 1. The van der Waals surface area contributed by atoms with Crippen molar-refractivity contribution in [1.29, 1.82) is 5.26 Å². The largest absolute Gasteiger partial charge is 0.493 e. The predicted octanol–water partition coefficient (Wildman–Crippen LogP) is 4.39. The van der Waals surface area contributed by atoms with E-state index in [1.54, 1.807) is 29.1 Å². The van der Waals surface area contributed by atoms with Crippen molar-refractivity contribution in [3.8, 4) is 22.9 Å². The maximum Gasteiger partial charge on any atom is 0.208 e. The number of hydrogen-bond donors (Lipinski definition) is 1. The van der Waals surface area contributed by atoms with Crippen LogP contribution >= 0.6 is 0 Å². The molecule has 0 aliphatic carbocycles. The lowest BCUT2D eigenvalue weighted by Gasteiger charge is -2.13. The SMILES string of the molecule is CC.Cc1ncc(-c2cnc(NCc3c(F)ccc4c3CCO4)n3cc(C#N)nc23)c(C)n1. The smallest absolute Gasteiger partial charge is 0.208 e. The molecule has 1 aliphatic heterocycles. The second-order valence-corrected chi connectivity index (χ2v) is 7.30. The number of aryl methyl sites for hydroxylation is 2. The molecule has 1 N–H and O–H groups in total. The van der Waals surface area contributed by atoms with Gasteiger partial charge in [-0.25, -0.2) is 24.3 Å². The van der Waals surface area contributed by atoms with Crippen LogP contribution < -0.4 is 10.1 Å². The van der Waals surface area contributed by atoms with Crippen LogP contribution in [0, 0.1) is 31.0 Å². The molecule has 3 aromatic heterocycles. The fourth-order valence-electron chi connectivity index (χ4n) is 3.87. The van der Waals surface area contributed by atoms with Gasteiger partial charge in [0.05, 0.1) is 12.8 Å². The van der Waals surface area contributed by atoms with E-state index in [0.29, 0.717) is 41.6 Å². The molecule has 1 aliphatic rings. The quantitative estimate of drug-likeness (QED) is 0.497. The van der Waals surface area contributed by atoms with E-state index in [4.69, 9.17) is 4.74 Å². The summed E-state index contributed by atoms with van der Waals surface area (Å²) >= 11 is 0. The van der Waals surface area contributed by atoms with Crippen molar-refractivity contribution in [2.24, 2.45) is 0 Å². The van der Waals surface area contributed by atoms with Gasteiger partial charge in [-0.1, -0.05) is 13.8 Å². The van der Waals surface area contributed by atoms with Crippen LogP contribution in [0.5, 0.6) is 5.75 Å². The Morgan fingerprint density at radius 2 is 1.94 bits per heavy atom. The van der Waals surface area contributed by atoms with E-state index >= 15 is 0 Å². The van der Waals surface area contributed by atoms with Gasteiger partial charge >= 0.3 is 0 Å². The minimum absolute atomic E-state index is 0.229. The molecule has 0 amide bonds. The molecule has 9 heteroatoms. The van der Waals surface area contributed by atoms with E-state index in [9.17, 15) is 9.65 Å². The lowest BCUT2D eigenvalue weighted by atomic mass is 10.0. The summed E-state index contributed by atoms with van der Waals surface area (Å²) in [4.78, 5) is 17.7. The summed E-state index contributed by atoms with van der Waals surface area (Å²) in [5.41, 5.74) is 4.52. The van der Waals surface area contributed by atoms with Crippen LogP contribution in [0.1, 0.15) is 42.2 Å². The van der Waals surface area contributed by atoms with Crippen molar-refractivity contribution in [3.05, 3.63) is 64.9 Å². The minimum Gasteiger partial charge on any atom is -0.493 e. The molecule has 0 atom stereocenters. The van der Waals surface area contributed by atoms with E-state index < -0.39 is 0 Å². The Balaban J connectivity index is 0.00000126. The average Bonchev–Trinajstić information content (AvgIpc) is 3.47. The van der Waals surface area contributed by atoms with Gasteiger partial charge in [-0.15, -0.1) is 0 Å². The maximum atomic E-state index is 14.5. The first-order chi connectivity index (χ1) is 16.0. The van der Waals surface area contributed by atoms with Gasteiger partial charge in [0.1, 0.15) is 23.5 Å². The first-order valence-corrected chi connectivity index (χ1v) is 10.8. The van der Waals surface area contributed by atoms with Crippen molar-refractivity contribution >= 4 is 11.6 Å². The average molecular weight is 446 g/mol. The molecular weight excluding hydrogens is 421 g/mol. The summed E-state index contributed by atoms with van der Waals surface area (Å²) in [5, 5.41) is 12.6. The van der Waals surface area contributed by atoms with Crippen LogP contribution in [0.2, 0.25) is 0 Å². The Hall–Kier alpha value is -4.06. The summed E-state index contributed by atoms with van der Waals surface area (Å²) in [5.74, 6) is 1.55. The Morgan fingerprint density at radius 3 is 2.70 bits per heavy atom. The molecular formula is C24H24FN7O. The number of hydrogen-bond acceptors (Lipinski definition) is 7. The number of nitrogens with zero attached hydrogens (tertiary/aromatic N) is 6. The highest BCUT2D eigenvalue weighted by molar-refractivity contribution is 5.79. The zero-order chi connectivity index (χ0) is 23.5. The Bertz CT molecular complexity index is 1370. The van der Waals surface area contributed by atoms with E-state index in [1.807, 2.05) is 27.7 Å². The number of rotatable bonds is 4. The Kier molecular flexibility index (Phi) is 6.18. The Labute approximate surface area is 191 Å². The molecule has 8 nitrogen and oxygen atoms in total. The van der Waals surface area contributed by atoms with E-state index in [1.165, 1.54) is 6.07 Å². The maximum absolute atomic E-state index is 14.5. The lowest BCUT2D eigenvalue weighted by Crippen LogP contribution is -2.10. The summed E-state index contributed by atoms with van der Waals surface area (Å²) in [6.07, 6.45) is 5.67. The fourth-order valence-corrected chi connectivity index (χ4v) is 3.87. The number of benzene rings is 1. The van der Waals surface area contributed by atoms with Gasteiger partial charge in [0, 0.05) is 53.3 Å². The van der Waals surface area contributed by atoms with Crippen LogP contribution in [0.15, 0.2) is 30.7 Å². The van der Waals surface area contributed by atoms with Crippen LogP contribution in [0.25, 0.3) is 16.8 Å². The second-order valence-electron chi connectivity index (χ2n) is 7.30. The number of nitrogens with one attached hydrogen (secondary N) is 1. The number of fused-ring (bicyclic) bond motifs is 2. The van der Waals surface area contributed by atoms with Crippen molar-refractivity contribution in [1.82, 2.24) is 24.3 Å². The van der Waals surface area contributed by atoms with E-state index in [2.05, 4.69) is 31.3 Å². The van der Waals surface area contributed by atoms with Gasteiger partial charge in [0.25, 0.3) is 0 Å². The summed E-state index contributed by atoms with van der Waals surface area (Å²) in [6, 6.07) is 5.14. The molecule has 0 saturated carbocycles. The molecule has 168 valence electrons. The molecule has 33 heavy (non-hydrogen) atoms. The zero-order valence-corrected chi connectivity index (χ0v) is 19.0. The van der Waals surface area contributed by atoms with Gasteiger partial charge in [0.15, 0.2) is 11.3 Å². The summed E-state index contributed by atoms with van der Waals surface area (Å²) in [6.45, 7) is 8.49. The van der Waals surface area contributed by atoms with Crippen LogP contribution in [-0.2, 0) is 13.0 Å². The topological polar surface area (TPSA) is 101 Å². The fraction of sp³-hybridized carbons (Fsp3) is 0.292. The molecule has 4 heterocycles. The monoisotopic (exact) mass is 445 g/mol. The molecule has 0 radical (unpaired) electrons. The van der Waals surface area contributed by atoms with Crippen molar-refractivity contribution in [3.63, 3.8) is 0 Å². The minimum atomic E-state index is -0.291. The van der Waals surface area contributed by atoms with Gasteiger partial charge in [-0.05, 0) is 26.0 Å². The molecule has 0 spiro atoms. The van der Waals surface area contributed by atoms with E-state index in [0.717, 1.165) is 22.6 Å². The number of ether oxygens (including phenoxy) is 1. The number of halogens is 1. The Morgan fingerprint density at radius 1 is 1.15 bits per heavy atom. The van der Waals surface area contributed by atoms with E-state index in [-0.39, 0.29) is 18.1 Å². The third kappa shape index (κ3) is 4.07. The molecule has 0 fully saturated rings. The number of aromatic nitrogens is 5. The summed E-state index contributed by atoms with van der Waals surface area (Å²) in [7, 11) is 0. The van der Waals surface area contributed by atoms with Crippen molar-refractivity contribution < 1.29 is 9.13 Å². The van der Waals surface area contributed by atoms with Gasteiger partial charge < -0.3 is 10.1 Å². The zero-order valence-electron chi connectivity index (χ0n) is 19.0. The molecule has 5 rings (SSSR count).